The maximum atomic E-state index is 11.4. The zero-order chi connectivity index (χ0) is 12.1. The van der Waals surface area contributed by atoms with Crippen molar-refractivity contribution in [3.05, 3.63) is 34.9 Å². The Balaban J connectivity index is 2.60. The maximum absolute atomic E-state index is 11.4. The summed E-state index contributed by atoms with van der Waals surface area (Å²) < 4.78 is 0. The summed E-state index contributed by atoms with van der Waals surface area (Å²) in [6.45, 7) is 2.61. The predicted octanol–water partition coefficient (Wildman–Crippen LogP) is 1.91. The van der Waals surface area contributed by atoms with Gasteiger partial charge in [-0.25, -0.2) is 0 Å². The number of carbonyl (C=O) groups excluding carboxylic acids is 1. The SMILES string of the molecule is CNC(=O)[C@@H](C)N(C)Cc1ccc(Cl)cc1. The van der Waals surface area contributed by atoms with Crippen molar-refractivity contribution < 1.29 is 4.79 Å². The second-order valence-electron chi connectivity index (χ2n) is 3.83. The summed E-state index contributed by atoms with van der Waals surface area (Å²) in [7, 11) is 3.57. The van der Waals surface area contributed by atoms with Gasteiger partial charge < -0.3 is 5.32 Å². The fourth-order valence-corrected chi connectivity index (χ4v) is 1.55. The van der Waals surface area contributed by atoms with Crippen LogP contribution in [-0.4, -0.2) is 30.9 Å². The minimum absolute atomic E-state index is 0.0245. The van der Waals surface area contributed by atoms with E-state index in [1.54, 1.807) is 7.05 Å². The van der Waals surface area contributed by atoms with Crippen LogP contribution in [0, 0.1) is 0 Å². The number of carbonyl (C=O) groups is 1. The summed E-state index contributed by atoms with van der Waals surface area (Å²) in [6.07, 6.45) is 0. The van der Waals surface area contributed by atoms with E-state index >= 15 is 0 Å². The predicted molar refractivity (Wildman–Crippen MR) is 66.4 cm³/mol. The first-order chi connectivity index (χ1) is 7.54. The van der Waals surface area contributed by atoms with Gasteiger partial charge in [-0.1, -0.05) is 23.7 Å². The quantitative estimate of drug-likeness (QED) is 0.872. The van der Waals surface area contributed by atoms with Gasteiger partial charge >= 0.3 is 0 Å². The van der Waals surface area contributed by atoms with E-state index in [0.717, 1.165) is 17.1 Å². The molecule has 1 amide bonds. The van der Waals surface area contributed by atoms with Crippen LogP contribution in [0.5, 0.6) is 0 Å². The van der Waals surface area contributed by atoms with Crippen LogP contribution in [0.3, 0.4) is 0 Å². The van der Waals surface area contributed by atoms with E-state index in [9.17, 15) is 4.79 Å². The molecule has 1 aromatic carbocycles. The van der Waals surface area contributed by atoms with Crippen LogP contribution in [-0.2, 0) is 11.3 Å². The lowest BCUT2D eigenvalue weighted by Gasteiger charge is -2.23. The molecule has 1 atom stereocenters. The Morgan fingerprint density at radius 2 is 2.00 bits per heavy atom. The van der Waals surface area contributed by atoms with Crippen LogP contribution < -0.4 is 5.32 Å². The molecule has 0 radical (unpaired) electrons. The highest BCUT2D eigenvalue weighted by atomic mass is 35.5. The zero-order valence-electron chi connectivity index (χ0n) is 9.83. The number of benzene rings is 1. The molecule has 1 aromatic rings. The van der Waals surface area contributed by atoms with Gasteiger partial charge in [-0.15, -0.1) is 0 Å². The number of nitrogens with one attached hydrogen (secondary N) is 1. The van der Waals surface area contributed by atoms with Gasteiger partial charge in [0.25, 0.3) is 0 Å². The number of amides is 1. The number of hydrogen-bond donors (Lipinski definition) is 1. The molecule has 1 N–H and O–H groups in total. The van der Waals surface area contributed by atoms with Crippen molar-refractivity contribution in [3.8, 4) is 0 Å². The molecular formula is C12H17ClN2O. The van der Waals surface area contributed by atoms with Crippen LogP contribution in [0.4, 0.5) is 0 Å². The second kappa shape index (κ2) is 5.87. The Morgan fingerprint density at radius 1 is 1.44 bits per heavy atom. The fraction of sp³-hybridized carbons (Fsp3) is 0.417. The summed E-state index contributed by atoms with van der Waals surface area (Å²) in [5, 5.41) is 3.37. The van der Waals surface area contributed by atoms with E-state index < -0.39 is 0 Å². The van der Waals surface area contributed by atoms with Crippen LogP contribution in [0.25, 0.3) is 0 Å². The molecule has 0 unspecified atom stereocenters. The van der Waals surface area contributed by atoms with E-state index in [2.05, 4.69) is 5.32 Å². The highest BCUT2D eigenvalue weighted by molar-refractivity contribution is 6.30. The van der Waals surface area contributed by atoms with Crippen molar-refractivity contribution >= 4 is 17.5 Å². The van der Waals surface area contributed by atoms with Gasteiger partial charge in [0.1, 0.15) is 0 Å². The smallest absolute Gasteiger partial charge is 0.236 e. The molecule has 0 aliphatic carbocycles. The molecular weight excluding hydrogens is 224 g/mol. The Hall–Kier alpha value is -1.06. The lowest BCUT2D eigenvalue weighted by molar-refractivity contribution is -0.125. The van der Waals surface area contributed by atoms with E-state index in [0.29, 0.717) is 0 Å². The highest BCUT2D eigenvalue weighted by Crippen LogP contribution is 2.11. The summed E-state index contributed by atoms with van der Waals surface area (Å²) >= 11 is 5.81. The fourth-order valence-electron chi connectivity index (χ4n) is 1.42. The van der Waals surface area contributed by atoms with Crippen molar-refractivity contribution in [2.75, 3.05) is 14.1 Å². The van der Waals surface area contributed by atoms with Crippen molar-refractivity contribution in [1.82, 2.24) is 10.2 Å². The first kappa shape index (κ1) is 13.0. The number of rotatable bonds is 4. The Morgan fingerprint density at radius 3 is 2.50 bits per heavy atom. The third-order valence-corrected chi connectivity index (χ3v) is 2.88. The third kappa shape index (κ3) is 3.51. The monoisotopic (exact) mass is 240 g/mol. The van der Waals surface area contributed by atoms with E-state index in [1.807, 2.05) is 43.1 Å². The van der Waals surface area contributed by atoms with E-state index in [-0.39, 0.29) is 11.9 Å². The zero-order valence-corrected chi connectivity index (χ0v) is 10.6. The van der Waals surface area contributed by atoms with Gasteiger partial charge in [0.05, 0.1) is 6.04 Å². The minimum atomic E-state index is -0.138. The van der Waals surface area contributed by atoms with Crippen LogP contribution in [0.2, 0.25) is 5.02 Å². The lowest BCUT2D eigenvalue weighted by Crippen LogP contribution is -2.41. The van der Waals surface area contributed by atoms with Gasteiger partial charge in [-0.05, 0) is 31.7 Å². The van der Waals surface area contributed by atoms with Gasteiger partial charge in [0, 0.05) is 18.6 Å². The molecule has 0 saturated heterocycles. The number of halogens is 1. The molecule has 4 heteroatoms. The molecule has 0 aromatic heterocycles. The number of hydrogen-bond acceptors (Lipinski definition) is 2. The minimum Gasteiger partial charge on any atom is -0.358 e. The second-order valence-corrected chi connectivity index (χ2v) is 4.27. The Labute approximate surface area is 101 Å². The molecule has 1 rings (SSSR count). The van der Waals surface area contributed by atoms with Crippen LogP contribution in [0.1, 0.15) is 12.5 Å². The molecule has 0 heterocycles. The topological polar surface area (TPSA) is 32.3 Å². The molecule has 88 valence electrons. The number of likely N-dealkylation sites (N-methyl/N-ethyl adjacent to an activating group) is 2. The van der Waals surface area contributed by atoms with Gasteiger partial charge in [-0.2, -0.15) is 0 Å². The molecule has 0 fully saturated rings. The number of nitrogens with zero attached hydrogens (tertiary/aromatic N) is 1. The average Bonchev–Trinajstić information content (AvgIpc) is 2.30. The van der Waals surface area contributed by atoms with Gasteiger partial charge in [0.15, 0.2) is 0 Å². The van der Waals surface area contributed by atoms with Gasteiger partial charge in [0.2, 0.25) is 5.91 Å². The van der Waals surface area contributed by atoms with Gasteiger partial charge in [-0.3, -0.25) is 9.69 Å². The van der Waals surface area contributed by atoms with Crippen molar-refractivity contribution in [2.24, 2.45) is 0 Å². The highest BCUT2D eigenvalue weighted by Gasteiger charge is 2.16. The molecule has 0 aliphatic heterocycles. The average molecular weight is 241 g/mol. The largest absolute Gasteiger partial charge is 0.358 e. The normalized spacial score (nSPS) is 12.6. The van der Waals surface area contributed by atoms with Crippen molar-refractivity contribution in [1.29, 1.82) is 0 Å². The first-order valence-electron chi connectivity index (χ1n) is 5.21. The van der Waals surface area contributed by atoms with Crippen molar-refractivity contribution in [3.63, 3.8) is 0 Å². The Kier molecular flexibility index (Phi) is 4.77. The summed E-state index contributed by atoms with van der Waals surface area (Å²) in [5.74, 6) is 0.0245. The molecule has 0 saturated carbocycles. The van der Waals surface area contributed by atoms with Crippen LogP contribution in [0.15, 0.2) is 24.3 Å². The maximum Gasteiger partial charge on any atom is 0.236 e. The van der Waals surface area contributed by atoms with E-state index in [4.69, 9.17) is 11.6 Å². The summed E-state index contributed by atoms with van der Waals surface area (Å²) in [4.78, 5) is 13.4. The lowest BCUT2D eigenvalue weighted by atomic mass is 10.2. The molecule has 0 spiro atoms. The van der Waals surface area contributed by atoms with E-state index in [1.165, 1.54) is 0 Å². The summed E-state index contributed by atoms with van der Waals surface area (Å²) in [5.41, 5.74) is 1.14. The standard InChI is InChI=1S/C12H17ClN2O/c1-9(12(16)14-2)15(3)8-10-4-6-11(13)7-5-10/h4-7,9H,8H2,1-3H3,(H,14,16)/t9-/m1/s1. The third-order valence-electron chi connectivity index (χ3n) is 2.63. The molecule has 3 nitrogen and oxygen atoms in total. The van der Waals surface area contributed by atoms with Crippen LogP contribution >= 0.6 is 11.6 Å². The molecule has 16 heavy (non-hydrogen) atoms. The Bertz CT molecular complexity index is 351. The molecule has 0 aliphatic rings. The molecule has 0 bridgehead atoms. The first-order valence-corrected chi connectivity index (χ1v) is 5.58. The summed E-state index contributed by atoms with van der Waals surface area (Å²) in [6, 6.07) is 7.51. The van der Waals surface area contributed by atoms with Crippen molar-refractivity contribution in [2.45, 2.75) is 19.5 Å².